The Morgan fingerprint density at radius 2 is 2.05 bits per heavy atom. The third kappa shape index (κ3) is 3.16. The van der Waals surface area contributed by atoms with Crippen LogP contribution in [0.4, 0.5) is 11.6 Å². The molecule has 6 heteroatoms. The van der Waals surface area contributed by atoms with Crippen LogP contribution in [-0.2, 0) is 0 Å². The molecule has 1 saturated heterocycles. The van der Waals surface area contributed by atoms with Gasteiger partial charge in [-0.25, -0.2) is 15.0 Å². The first-order chi connectivity index (χ1) is 10.2. The summed E-state index contributed by atoms with van der Waals surface area (Å²) >= 11 is 0. The van der Waals surface area contributed by atoms with Crippen LogP contribution in [-0.4, -0.2) is 33.9 Å². The van der Waals surface area contributed by atoms with E-state index in [1.54, 1.807) is 12.1 Å². The SMILES string of the molecule is Cc1cccc(NC(=O)c2cc(N3CCCC3)ncn2)n1. The molecule has 3 heterocycles. The zero-order valence-corrected chi connectivity index (χ0v) is 11.9. The Balaban J connectivity index is 1.76. The molecule has 1 aliphatic heterocycles. The van der Waals surface area contributed by atoms with Gasteiger partial charge in [0.05, 0.1) is 0 Å². The summed E-state index contributed by atoms with van der Waals surface area (Å²) < 4.78 is 0. The van der Waals surface area contributed by atoms with Gasteiger partial charge >= 0.3 is 0 Å². The number of carbonyl (C=O) groups is 1. The van der Waals surface area contributed by atoms with Gasteiger partial charge in [-0.1, -0.05) is 6.07 Å². The predicted octanol–water partition coefficient (Wildman–Crippen LogP) is 2.03. The first-order valence-electron chi connectivity index (χ1n) is 7.04. The lowest BCUT2D eigenvalue weighted by Crippen LogP contribution is -2.21. The second-order valence-electron chi connectivity index (χ2n) is 5.07. The van der Waals surface area contributed by atoms with E-state index in [-0.39, 0.29) is 5.91 Å². The molecule has 0 spiro atoms. The van der Waals surface area contributed by atoms with Crippen molar-refractivity contribution in [1.29, 1.82) is 0 Å². The molecule has 0 aromatic carbocycles. The second-order valence-corrected chi connectivity index (χ2v) is 5.07. The molecule has 3 rings (SSSR count). The zero-order chi connectivity index (χ0) is 14.7. The number of hydrogen-bond donors (Lipinski definition) is 1. The lowest BCUT2D eigenvalue weighted by atomic mass is 10.3. The van der Waals surface area contributed by atoms with Crippen LogP contribution in [0.1, 0.15) is 29.0 Å². The van der Waals surface area contributed by atoms with Crippen LogP contribution in [0.2, 0.25) is 0 Å². The fourth-order valence-electron chi connectivity index (χ4n) is 2.38. The van der Waals surface area contributed by atoms with Crippen LogP contribution in [0.15, 0.2) is 30.6 Å². The minimum Gasteiger partial charge on any atom is -0.357 e. The number of hydrogen-bond acceptors (Lipinski definition) is 5. The summed E-state index contributed by atoms with van der Waals surface area (Å²) in [5.41, 5.74) is 1.21. The third-order valence-corrected chi connectivity index (χ3v) is 3.45. The third-order valence-electron chi connectivity index (χ3n) is 3.45. The number of nitrogens with zero attached hydrogens (tertiary/aromatic N) is 4. The molecule has 0 aliphatic carbocycles. The molecule has 108 valence electrons. The van der Waals surface area contributed by atoms with Gasteiger partial charge in [0.15, 0.2) is 0 Å². The average Bonchev–Trinajstić information content (AvgIpc) is 3.02. The van der Waals surface area contributed by atoms with Crippen molar-refractivity contribution in [1.82, 2.24) is 15.0 Å². The number of pyridine rings is 1. The molecule has 0 atom stereocenters. The normalized spacial score (nSPS) is 14.2. The minimum atomic E-state index is -0.268. The van der Waals surface area contributed by atoms with Gasteiger partial charge < -0.3 is 10.2 Å². The summed E-state index contributed by atoms with van der Waals surface area (Å²) in [6.07, 6.45) is 3.77. The fraction of sp³-hybridized carbons (Fsp3) is 0.333. The smallest absolute Gasteiger partial charge is 0.275 e. The van der Waals surface area contributed by atoms with Crippen molar-refractivity contribution in [3.05, 3.63) is 42.0 Å². The van der Waals surface area contributed by atoms with E-state index in [0.29, 0.717) is 11.5 Å². The molecule has 21 heavy (non-hydrogen) atoms. The van der Waals surface area contributed by atoms with Gasteiger partial charge in [-0.2, -0.15) is 0 Å². The maximum Gasteiger partial charge on any atom is 0.275 e. The summed E-state index contributed by atoms with van der Waals surface area (Å²) in [7, 11) is 0. The lowest BCUT2D eigenvalue weighted by Gasteiger charge is -2.16. The quantitative estimate of drug-likeness (QED) is 0.933. The Hall–Kier alpha value is -2.50. The molecule has 2 aromatic rings. The highest BCUT2D eigenvalue weighted by Gasteiger charge is 2.16. The number of aryl methyl sites for hydroxylation is 1. The van der Waals surface area contributed by atoms with Crippen molar-refractivity contribution < 1.29 is 4.79 Å². The number of carbonyl (C=O) groups excluding carboxylic acids is 1. The van der Waals surface area contributed by atoms with E-state index in [1.807, 2.05) is 19.1 Å². The number of aromatic nitrogens is 3. The van der Waals surface area contributed by atoms with Crippen LogP contribution in [0.3, 0.4) is 0 Å². The van der Waals surface area contributed by atoms with E-state index in [4.69, 9.17) is 0 Å². The molecule has 1 N–H and O–H groups in total. The number of anilines is 2. The monoisotopic (exact) mass is 283 g/mol. The molecule has 0 saturated carbocycles. The van der Waals surface area contributed by atoms with Crippen LogP contribution in [0.5, 0.6) is 0 Å². The van der Waals surface area contributed by atoms with Crippen LogP contribution < -0.4 is 10.2 Å². The largest absolute Gasteiger partial charge is 0.357 e. The van der Waals surface area contributed by atoms with Crippen molar-refractivity contribution in [2.75, 3.05) is 23.3 Å². The highest BCUT2D eigenvalue weighted by molar-refractivity contribution is 6.02. The Morgan fingerprint density at radius 3 is 2.81 bits per heavy atom. The van der Waals surface area contributed by atoms with Crippen LogP contribution in [0, 0.1) is 6.92 Å². The van der Waals surface area contributed by atoms with Gasteiger partial charge in [0, 0.05) is 24.8 Å². The van der Waals surface area contributed by atoms with Crippen molar-refractivity contribution in [2.45, 2.75) is 19.8 Å². The first-order valence-corrected chi connectivity index (χ1v) is 7.04. The van der Waals surface area contributed by atoms with E-state index < -0.39 is 0 Å². The van der Waals surface area contributed by atoms with Gasteiger partial charge in [-0.3, -0.25) is 4.79 Å². The van der Waals surface area contributed by atoms with Crippen LogP contribution >= 0.6 is 0 Å². The molecule has 1 aliphatic rings. The Bertz CT molecular complexity index is 652. The number of nitrogens with one attached hydrogen (secondary N) is 1. The molecule has 1 fully saturated rings. The van der Waals surface area contributed by atoms with E-state index >= 15 is 0 Å². The minimum absolute atomic E-state index is 0.268. The summed E-state index contributed by atoms with van der Waals surface area (Å²) in [5, 5.41) is 2.76. The van der Waals surface area contributed by atoms with Crippen molar-refractivity contribution in [3.63, 3.8) is 0 Å². The number of amides is 1. The van der Waals surface area contributed by atoms with Crippen molar-refractivity contribution in [3.8, 4) is 0 Å². The van der Waals surface area contributed by atoms with E-state index in [9.17, 15) is 4.79 Å². The van der Waals surface area contributed by atoms with Gasteiger partial charge in [-0.15, -0.1) is 0 Å². The molecule has 2 aromatic heterocycles. The molecule has 1 amide bonds. The van der Waals surface area contributed by atoms with Gasteiger partial charge in [0.2, 0.25) is 0 Å². The highest BCUT2D eigenvalue weighted by Crippen LogP contribution is 2.18. The van der Waals surface area contributed by atoms with Gasteiger partial charge in [0.1, 0.15) is 23.7 Å². The average molecular weight is 283 g/mol. The van der Waals surface area contributed by atoms with E-state index in [2.05, 4.69) is 25.2 Å². The first kappa shape index (κ1) is 13.5. The summed E-state index contributed by atoms with van der Waals surface area (Å²) in [5.74, 6) is 1.07. The lowest BCUT2D eigenvalue weighted by molar-refractivity contribution is 0.102. The fourth-order valence-corrected chi connectivity index (χ4v) is 2.38. The summed E-state index contributed by atoms with van der Waals surface area (Å²) in [6, 6.07) is 7.23. The molecular formula is C15H17N5O. The summed E-state index contributed by atoms with van der Waals surface area (Å²) in [4.78, 5) is 27.0. The van der Waals surface area contributed by atoms with E-state index in [0.717, 1.165) is 24.6 Å². The molecular weight excluding hydrogens is 266 g/mol. The maximum absolute atomic E-state index is 12.2. The summed E-state index contributed by atoms with van der Waals surface area (Å²) in [6.45, 7) is 3.85. The van der Waals surface area contributed by atoms with E-state index in [1.165, 1.54) is 19.2 Å². The van der Waals surface area contributed by atoms with Gasteiger partial charge in [-0.05, 0) is 31.9 Å². The molecule has 0 bridgehead atoms. The predicted molar refractivity (Wildman–Crippen MR) is 80.4 cm³/mol. The zero-order valence-electron chi connectivity index (χ0n) is 11.9. The number of rotatable bonds is 3. The Morgan fingerprint density at radius 1 is 1.24 bits per heavy atom. The Kier molecular flexibility index (Phi) is 3.77. The van der Waals surface area contributed by atoms with Crippen molar-refractivity contribution in [2.24, 2.45) is 0 Å². The standard InChI is InChI=1S/C15H17N5O/c1-11-5-4-6-13(18-11)19-15(21)12-9-14(17-10-16-12)20-7-2-3-8-20/h4-6,9-10H,2-3,7-8H2,1H3,(H,18,19,21). The maximum atomic E-state index is 12.2. The Labute approximate surface area is 123 Å². The van der Waals surface area contributed by atoms with Crippen molar-refractivity contribution >= 4 is 17.5 Å². The van der Waals surface area contributed by atoms with Crippen LogP contribution in [0.25, 0.3) is 0 Å². The molecule has 0 radical (unpaired) electrons. The molecule has 6 nitrogen and oxygen atoms in total. The topological polar surface area (TPSA) is 71.0 Å². The molecule has 0 unspecified atom stereocenters. The van der Waals surface area contributed by atoms with Gasteiger partial charge in [0.25, 0.3) is 5.91 Å². The highest BCUT2D eigenvalue weighted by atomic mass is 16.1. The second kappa shape index (κ2) is 5.87.